The Morgan fingerprint density at radius 2 is 1.71 bits per heavy atom. The van der Waals surface area contributed by atoms with Crippen molar-refractivity contribution in [1.29, 1.82) is 0 Å². The van der Waals surface area contributed by atoms with E-state index in [0.717, 1.165) is 23.6 Å². The van der Waals surface area contributed by atoms with Crippen LogP contribution in [-0.4, -0.2) is 7.05 Å². The van der Waals surface area contributed by atoms with Gasteiger partial charge in [0.05, 0.1) is 0 Å². The third-order valence-corrected chi connectivity index (χ3v) is 3.58. The average Bonchev–Trinajstić information content (AvgIpc) is 2.42. The molecule has 0 aliphatic heterocycles. The second-order valence-electron chi connectivity index (χ2n) is 6.16. The Kier molecular flexibility index (Phi) is 4.92. The quantitative estimate of drug-likeness (QED) is 0.843. The largest absolute Gasteiger partial charge is 0.457 e. The van der Waals surface area contributed by atoms with E-state index in [-0.39, 0.29) is 5.41 Å². The van der Waals surface area contributed by atoms with Gasteiger partial charge in [0.2, 0.25) is 0 Å². The summed E-state index contributed by atoms with van der Waals surface area (Å²) in [6.45, 7) is 7.34. The molecule has 0 atom stereocenters. The highest BCUT2D eigenvalue weighted by Gasteiger charge is 2.13. The molecular weight excluding hydrogens is 282 g/mol. The molecule has 0 bridgehead atoms. The van der Waals surface area contributed by atoms with Gasteiger partial charge in [-0.3, -0.25) is 0 Å². The number of hydrogen-bond acceptors (Lipinski definition) is 2. The molecule has 0 fully saturated rings. The summed E-state index contributed by atoms with van der Waals surface area (Å²) in [6, 6.07) is 13.9. The molecule has 0 radical (unpaired) electrons. The van der Waals surface area contributed by atoms with Crippen LogP contribution >= 0.6 is 11.6 Å². The first-order chi connectivity index (χ1) is 9.90. The summed E-state index contributed by atoms with van der Waals surface area (Å²) in [7, 11) is 1.91. The molecule has 0 heterocycles. The highest BCUT2D eigenvalue weighted by atomic mass is 35.5. The van der Waals surface area contributed by atoms with Crippen LogP contribution in [0.15, 0.2) is 42.5 Å². The topological polar surface area (TPSA) is 21.3 Å². The standard InChI is InChI=1S/C18H22ClNO/c1-18(2,3)14-6-9-16(10-7-14)21-17-11-15(19)8-5-13(17)12-20-4/h5-11,20H,12H2,1-4H3. The van der Waals surface area contributed by atoms with Gasteiger partial charge in [-0.25, -0.2) is 0 Å². The first kappa shape index (κ1) is 15.9. The maximum absolute atomic E-state index is 6.07. The van der Waals surface area contributed by atoms with E-state index in [4.69, 9.17) is 16.3 Å². The monoisotopic (exact) mass is 303 g/mol. The molecule has 0 aliphatic rings. The second-order valence-corrected chi connectivity index (χ2v) is 6.60. The van der Waals surface area contributed by atoms with Crippen LogP contribution in [0, 0.1) is 0 Å². The van der Waals surface area contributed by atoms with E-state index in [0.29, 0.717) is 5.02 Å². The van der Waals surface area contributed by atoms with E-state index in [2.05, 4.69) is 38.2 Å². The minimum atomic E-state index is 0.145. The Bertz CT molecular complexity index is 600. The van der Waals surface area contributed by atoms with E-state index in [1.165, 1.54) is 5.56 Å². The first-order valence-electron chi connectivity index (χ1n) is 7.11. The van der Waals surface area contributed by atoms with Gasteiger partial charge in [0.1, 0.15) is 11.5 Å². The van der Waals surface area contributed by atoms with Crippen LogP contribution in [0.3, 0.4) is 0 Å². The van der Waals surface area contributed by atoms with Crippen LogP contribution < -0.4 is 10.1 Å². The molecule has 112 valence electrons. The van der Waals surface area contributed by atoms with Crippen LogP contribution in [0.5, 0.6) is 11.5 Å². The van der Waals surface area contributed by atoms with Gasteiger partial charge in [-0.1, -0.05) is 50.6 Å². The molecule has 2 rings (SSSR count). The van der Waals surface area contributed by atoms with Gasteiger partial charge in [0.25, 0.3) is 0 Å². The van der Waals surface area contributed by atoms with Crippen molar-refractivity contribution < 1.29 is 4.74 Å². The third kappa shape index (κ3) is 4.23. The van der Waals surface area contributed by atoms with Crippen molar-refractivity contribution in [3.8, 4) is 11.5 Å². The zero-order chi connectivity index (χ0) is 15.5. The molecule has 0 unspecified atom stereocenters. The SMILES string of the molecule is CNCc1ccc(Cl)cc1Oc1ccc(C(C)(C)C)cc1. The lowest BCUT2D eigenvalue weighted by atomic mass is 9.87. The van der Waals surface area contributed by atoms with Crippen molar-refractivity contribution >= 4 is 11.6 Å². The molecule has 21 heavy (non-hydrogen) atoms. The van der Waals surface area contributed by atoms with Crippen molar-refractivity contribution in [2.24, 2.45) is 0 Å². The van der Waals surface area contributed by atoms with E-state index in [9.17, 15) is 0 Å². The maximum Gasteiger partial charge on any atom is 0.133 e. The fraction of sp³-hybridized carbons (Fsp3) is 0.333. The van der Waals surface area contributed by atoms with Crippen molar-refractivity contribution in [2.45, 2.75) is 32.7 Å². The molecule has 3 heteroatoms. The Morgan fingerprint density at radius 3 is 2.29 bits per heavy atom. The summed E-state index contributed by atoms with van der Waals surface area (Å²) in [5.74, 6) is 1.61. The molecule has 2 aromatic rings. The van der Waals surface area contributed by atoms with E-state index in [1.54, 1.807) is 0 Å². The Labute approximate surface area is 132 Å². The van der Waals surface area contributed by atoms with Crippen molar-refractivity contribution in [2.75, 3.05) is 7.05 Å². The third-order valence-electron chi connectivity index (χ3n) is 3.34. The average molecular weight is 304 g/mol. The van der Waals surface area contributed by atoms with Crippen LogP contribution in [-0.2, 0) is 12.0 Å². The summed E-state index contributed by atoms with van der Waals surface area (Å²) >= 11 is 6.07. The molecule has 0 saturated carbocycles. The maximum atomic E-state index is 6.07. The molecule has 0 spiro atoms. The number of benzene rings is 2. The predicted octanol–water partition coefficient (Wildman–Crippen LogP) is 5.15. The zero-order valence-electron chi connectivity index (χ0n) is 13.0. The fourth-order valence-electron chi connectivity index (χ4n) is 2.11. The van der Waals surface area contributed by atoms with E-state index < -0.39 is 0 Å². The van der Waals surface area contributed by atoms with Gasteiger partial charge < -0.3 is 10.1 Å². The van der Waals surface area contributed by atoms with E-state index in [1.807, 2.05) is 37.4 Å². The van der Waals surface area contributed by atoms with Gasteiger partial charge in [0.15, 0.2) is 0 Å². The van der Waals surface area contributed by atoms with Crippen LogP contribution in [0.1, 0.15) is 31.9 Å². The lowest BCUT2D eigenvalue weighted by Crippen LogP contribution is -2.10. The normalized spacial score (nSPS) is 11.5. The number of ether oxygens (including phenoxy) is 1. The summed E-state index contributed by atoms with van der Waals surface area (Å²) in [6.07, 6.45) is 0. The highest BCUT2D eigenvalue weighted by molar-refractivity contribution is 6.30. The van der Waals surface area contributed by atoms with Crippen molar-refractivity contribution in [3.05, 3.63) is 58.6 Å². The van der Waals surface area contributed by atoms with Crippen molar-refractivity contribution in [1.82, 2.24) is 5.32 Å². The molecule has 0 aliphatic carbocycles. The smallest absolute Gasteiger partial charge is 0.133 e. The zero-order valence-corrected chi connectivity index (χ0v) is 13.8. The van der Waals surface area contributed by atoms with E-state index >= 15 is 0 Å². The molecule has 0 amide bonds. The molecule has 1 N–H and O–H groups in total. The molecule has 0 saturated heterocycles. The van der Waals surface area contributed by atoms with Crippen LogP contribution in [0.2, 0.25) is 5.02 Å². The number of hydrogen-bond donors (Lipinski definition) is 1. The molecule has 2 aromatic carbocycles. The van der Waals surface area contributed by atoms with Gasteiger partial charge in [0, 0.05) is 17.1 Å². The Hall–Kier alpha value is -1.51. The fourth-order valence-corrected chi connectivity index (χ4v) is 2.27. The second kappa shape index (κ2) is 6.50. The molecule has 0 aromatic heterocycles. The Balaban J connectivity index is 2.23. The van der Waals surface area contributed by atoms with Gasteiger partial charge >= 0.3 is 0 Å². The van der Waals surface area contributed by atoms with Gasteiger partial charge in [-0.15, -0.1) is 0 Å². The number of nitrogens with one attached hydrogen (secondary N) is 1. The Morgan fingerprint density at radius 1 is 1.05 bits per heavy atom. The minimum absolute atomic E-state index is 0.145. The van der Waals surface area contributed by atoms with Crippen molar-refractivity contribution in [3.63, 3.8) is 0 Å². The highest BCUT2D eigenvalue weighted by Crippen LogP contribution is 2.30. The van der Waals surface area contributed by atoms with Crippen LogP contribution in [0.4, 0.5) is 0 Å². The molecular formula is C18H22ClNO. The lowest BCUT2D eigenvalue weighted by molar-refractivity contribution is 0.473. The minimum Gasteiger partial charge on any atom is -0.457 e. The summed E-state index contributed by atoms with van der Waals surface area (Å²) in [4.78, 5) is 0. The van der Waals surface area contributed by atoms with Gasteiger partial charge in [-0.2, -0.15) is 0 Å². The summed E-state index contributed by atoms with van der Waals surface area (Å²) in [5, 5.41) is 3.81. The predicted molar refractivity (Wildman–Crippen MR) is 89.4 cm³/mol. The van der Waals surface area contributed by atoms with Crippen LogP contribution in [0.25, 0.3) is 0 Å². The molecule has 2 nitrogen and oxygen atoms in total. The first-order valence-corrected chi connectivity index (χ1v) is 7.49. The lowest BCUT2D eigenvalue weighted by Gasteiger charge is -2.19. The summed E-state index contributed by atoms with van der Waals surface area (Å²) < 4.78 is 5.99. The number of rotatable bonds is 4. The summed E-state index contributed by atoms with van der Waals surface area (Å²) in [5.41, 5.74) is 2.52. The number of halogens is 1. The van der Waals surface area contributed by atoms with Gasteiger partial charge in [-0.05, 0) is 42.3 Å².